The van der Waals surface area contributed by atoms with Crippen molar-refractivity contribution < 1.29 is 14.7 Å². The monoisotopic (exact) mass is 373 g/mol. The van der Waals surface area contributed by atoms with Crippen LogP contribution in [0.1, 0.15) is 27.0 Å². The minimum Gasteiger partial charge on any atom is -0.479 e. The van der Waals surface area contributed by atoms with Crippen LogP contribution in [0.2, 0.25) is 0 Å². The van der Waals surface area contributed by atoms with Crippen molar-refractivity contribution in [2.75, 3.05) is 0 Å². The van der Waals surface area contributed by atoms with Crippen LogP contribution in [0.4, 0.5) is 0 Å². The number of rotatable bonds is 3. The molecule has 23 heavy (non-hydrogen) atoms. The van der Waals surface area contributed by atoms with Crippen LogP contribution in [-0.2, 0) is 17.6 Å². The van der Waals surface area contributed by atoms with E-state index in [1.165, 1.54) is 0 Å². The third kappa shape index (κ3) is 2.88. The van der Waals surface area contributed by atoms with E-state index in [0.717, 1.165) is 21.2 Å². The van der Waals surface area contributed by atoms with Crippen LogP contribution >= 0.6 is 15.9 Å². The minimum atomic E-state index is -1.28. The molecule has 0 aromatic heterocycles. The number of amides is 1. The summed E-state index contributed by atoms with van der Waals surface area (Å²) in [4.78, 5) is 24.4. The summed E-state index contributed by atoms with van der Waals surface area (Å²) in [6, 6.07) is 12.8. The Hall–Kier alpha value is -2.14. The molecule has 0 atom stereocenters. The van der Waals surface area contributed by atoms with Gasteiger partial charge in [-0.2, -0.15) is 0 Å². The summed E-state index contributed by atoms with van der Waals surface area (Å²) >= 11 is 3.40. The third-order valence-electron chi connectivity index (χ3n) is 4.30. The van der Waals surface area contributed by atoms with Crippen molar-refractivity contribution in [2.45, 2.75) is 25.3 Å². The van der Waals surface area contributed by atoms with Crippen LogP contribution in [0, 0.1) is 6.92 Å². The standard InChI is InChI=1S/C18H16BrNO3/c1-11-6-7-12(8-15(11)19)16(21)20-18(17(22)23)9-13-4-2-3-5-14(13)10-18/h2-8H,9-10H2,1H3,(H,20,21)(H,22,23). The Morgan fingerprint density at radius 3 is 2.26 bits per heavy atom. The molecule has 2 aromatic carbocycles. The molecule has 0 aliphatic heterocycles. The molecule has 0 radical (unpaired) electrons. The van der Waals surface area contributed by atoms with E-state index >= 15 is 0 Å². The molecule has 5 heteroatoms. The van der Waals surface area contributed by atoms with Gasteiger partial charge in [-0.1, -0.05) is 46.3 Å². The number of carbonyl (C=O) groups excluding carboxylic acids is 1. The van der Waals surface area contributed by atoms with Crippen molar-refractivity contribution in [1.82, 2.24) is 5.32 Å². The second-order valence-electron chi connectivity index (χ2n) is 5.93. The highest BCUT2D eigenvalue weighted by atomic mass is 79.9. The van der Waals surface area contributed by atoms with E-state index in [9.17, 15) is 14.7 Å². The second kappa shape index (κ2) is 5.81. The fourth-order valence-corrected chi connectivity index (χ4v) is 3.31. The molecule has 1 aliphatic rings. The first-order valence-electron chi connectivity index (χ1n) is 7.30. The number of fused-ring (bicyclic) bond motifs is 1. The predicted octanol–water partition coefficient (Wildman–Crippen LogP) is 3.11. The van der Waals surface area contributed by atoms with Crippen molar-refractivity contribution in [3.05, 3.63) is 69.2 Å². The highest BCUT2D eigenvalue weighted by Crippen LogP contribution is 2.31. The summed E-state index contributed by atoms with van der Waals surface area (Å²) in [5.41, 5.74) is 2.13. The molecule has 0 heterocycles. The van der Waals surface area contributed by atoms with Crippen LogP contribution in [0.5, 0.6) is 0 Å². The summed E-state index contributed by atoms with van der Waals surface area (Å²) in [6.45, 7) is 1.93. The normalized spacial score (nSPS) is 15.0. The Kier molecular flexibility index (Phi) is 3.98. The van der Waals surface area contributed by atoms with Gasteiger partial charge in [-0.25, -0.2) is 4.79 Å². The highest BCUT2D eigenvalue weighted by Gasteiger charge is 2.45. The molecule has 0 spiro atoms. The maximum Gasteiger partial charge on any atom is 0.330 e. The molecule has 1 amide bonds. The molecule has 118 valence electrons. The molecule has 2 N–H and O–H groups in total. The third-order valence-corrected chi connectivity index (χ3v) is 5.15. The fraction of sp³-hybridized carbons (Fsp3) is 0.222. The number of aliphatic carboxylic acids is 1. The van der Waals surface area contributed by atoms with Gasteiger partial charge in [-0.15, -0.1) is 0 Å². The lowest BCUT2D eigenvalue weighted by Gasteiger charge is -2.25. The number of hydrogen-bond acceptors (Lipinski definition) is 2. The summed E-state index contributed by atoms with van der Waals surface area (Å²) in [6.07, 6.45) is 0.606. The van der Waals surface area contributed by atoms with E-state index in [4.69, 9.17) is 0 Å². The van der Waals surface area contributed by atoms with Crippen LogP contribution in [0.15, 0.2) is 46.9 Å². The Balaban J connectivity index is 1.88. The number of nitrogens with one attached hydrogen (secondary N) is 1. The SMILES string of the molecule is Cc1ccc(C(=O)NC2(C(=O)O)Cc3ccccc3C2)cc1Br. The lowest BCUT2D eigenvalue weighted by molar-refractivity contribution is -0.144. The zero-order chi connectivity index (χ0) is 16.6. The van der Waals surface area contributed by atoms with Gasteiger partial charge in [0.05, 0.1) is 0 Å². The quantitative estimate of drug-likeness (QED) is 0.868. The van der Waals surface area contributed by atoms with Crippen molar-refractivity contribution in [3.8, 4) is 0 Å². The second-order valence-corrected chi connectivity index (χ2v) is 6.78. The maximum atomic E-state index is 12.5. The van der Waals surface area contributed by atoms with Gasteiger partial charge in [0.2, 0.25) is 0 Å². The largest absolute Gasteiger partial charge is 0.479 e. The van der Waals surface area contributed by atoms with Crippen molar-refractivity contribution in [3.63, 3.8) is 0 Å². The number of carboxylic acid groups (broad SMARTS) is 1. The van der Waals surface area contributed by atoms with Crippen LogP contribution in [-0.4, -0.2) is 22.5 Å². The average Bonchev–Trinajstić information content (AvgIpc) is 2.89. The topological polar surface area (TPSA) is 66.4 Å². The van der Waals surface area contributed by atoms with Crippen molar-refractivity contribution in [2.24, 2.45) is 0 Å². The number of aryl methyl sites for hydroxylation is 1. The number of benzene rings is 2. The van der Waals surface area contributed by atoms with Gasteiger partial charge in [-0.3, -0.25) is 4.79 Å². The van der Waals surface area contributed by atoms with Gasteiger partial charge >= 0.3 is 5.97 Å². The van der Waals surface area contributed by atoms with Gasteiger partial charge in [-0.05, 0) is 35.7 Å². The van der Waals surface area contributed by atoms with Crippen molar-refractivity contribution >= 4 is 27.8 Å². The zero-order valence-electron chi connectivity index (χ0n) is 12.6. The smallest absolute Gasteiger partial charge is 0.330 e. The van der Waals surface area contributed by atoms with Crippen LogP contribution < -0.4 is 5.32 Å². The first kappa shape index (κ1) is 15.7. The van der Waals surface area contributed by atoms with Crippen molar-refractivity contribution in [1.29, 1.82) is 0 Å². The van der Waals surface area contributed by atoms with E-state index in [-0.39, 0.29) is 5.91 Å². The van der Waals surface area contributed by atoms with Gasteiger partial charge in [0, 0.05) is 22.9 Å². The Morgan fingerprint density at radius 2 is 1.74 bits per heavy atom. The molecule has 0 unspecified atom stereocenters. The first-order chi connectivity index (χ1) is 10.9. The molecule has 1 aliphatic carbocycles. The van der Waals surface area contributed by atoms with E-state index in [2.05, 4.69) is 21.2 Å². The summed E-state index contributed by atoms with van der Waals surface area (Å²) in [5, 5.41) is 12.4. The van der Waals surface area contributed by atoms with Gasteiger partial charge < -0.3 is 10.4 Å². The Bertz CT molecular complexity index is 776. The molecular formula is C18H16BrNO3. The number of halogens is 1. The Morgan fingerprint density at radius 1 is 1.13 bits per heavy atom. The van der Waals surface area contributed by atoms with E-state index in [1.807, 2.05) is 37.3 Å². The van der Waals surface area contributed by atoms with Gasteiger partial charge in [0.1, 0.15) is 5.54 Å². The average molecular weight is 374 g/mol. The molecule has 0 bridgehead atoms. The van der Waals surface area contributed by atoms with Gasteiger partial charge in [0.15, 0.2) is 0 Å². The van der Waals surface area contributed by atoms with Crippen LogP contribution in [0.3, 0.4) is 0 Å². The molecule has 0 saturated heterocycles. The number of carbonyl (C=O) groups is 2. The molecule has 0 saturated carbocycles. The summed E-state index contributed by atoms with van der Waals surface area (Å²) < 4.78 is 0.823. The first-order valence-corrected chi connectivity index (χ1v) is 8.09. The molecule has 4 nitrogen and oxygen atoms in total. The van der Waals surface area contributed by atoms with Gasteiger partial charge in [0.25, 0.3) is 5.91 Å². The fourth-order valence-electron chi connectivity index (χ4n) is 2.93. The molecule has 0 fully saturated rings. The predicted molar refractivity (Wildman–Crippen MR) is 90.6 cm³/mol. The Labute approximate surface area is 142 Å². The van der Waals surface area contributed by atoms with E-state index in [0.29, 0.717) is 18.4 Å². The molecular weight excluding hydrogens is 358 g/mol. The zero-order valence-corrected chi connectivity index (χ0v) is 14.2. The summed E-state index contributed by atoms with van der Waals surface area (Å²) in [5.74, 6) is -1.38. The highest BCUT2D eigenvalue weighted by molar-refractivity contribution is 9.10. The number of carboxylic acids is 1. The summed E-state index contributed by atoms with van der Waals surface area (Å²) in [7, 11) is 0. The van der Waals surface area contributed by atoms with Crippen LogP contribution in [0.25, 0.3) is 0 Å². The lowest BCUT2D eigenvalue weighted by Crippen LogP contribution is -2.55. The van der Waals surface area contributed by atoms with E-state index < -0.39 is 11.5 Å². The molecule has 2 aromatic rings. The minimum absolute atomic E-state index is 0.303. The molecule has 3 rings (SSSR count). The van der Waals surface area contributed by atoms with E-state index in [1.54, 1.807) is 12.1 Å². The number of hydrogen-bond donors (Lipinski definition) is 2. The maximum absolute atomic E-state index is 12.5. The lowest BCUT2D eigenvalue weighted by atomic mass is 9.95.